The lowest BCUT2D eigenvalue weighted by atomic mass is 10.1. The molecule has 0 radical (unpaired) electrons. The predicted molar refractivity (Wildman–Crippen MR) is 76.0 cm³/mol. The number of methoxy groups -OCH3 is 2. The molecular formula is C15H23NO3. The van der Waals surface area contributed by atoms with Crippen molar-refractivity contribution in [1.82, 2.24) is 5.32 Å². The molecule has 1 aromatic carbocycles. The number of ether oxygens (including phenoxy) is 2. The third-order valence-corrected chi connectivity index (χ3v) is 2.96. The number of nitrogens with one attached hydrogen (secondary N) is 1. The SMILES string of the molecule is CCCCCCNC(=O)c1ccc(OC)c(OC)c1. The number of hydrogen-bond donors (Lipinski definition) is 1. The van der Waals surface area contributed by atoms with E-state index in [-0.39, 0.29) is 5.91 Å². The fourth-order valence-electron chi connectivity index (χ4n) is 1.83. The lowest BCUT2D eigenvalue weighted by Crippen LogP contribution is -2.24. The van der Waals surface area contributed by atoms with Gasteiger partial charge in [0, 0.05) is 12.1 Å². The van der Waals surface area contributed by atoms with Crippen LogP contribution in [0, 0.1) is 0 Å². The van der Waals surface area contributed by atoms with Crippen molar-refractivity contribution in [2.75, 3.05) is 20.8 Å². The molecule has 0 bridgehead atoms. The van der Waals surface area contributed by atoms with E-state index < -0.39 is 0 Å². The first-order chi connectivity index (χ1) is 9.22. The number of unbranched alkanes of at least 4 members (excludes halogenated alkanes) is 3. The van der Waals surface area contributed by atoms with Crippen molar-refractivity contribution >= 4 is 5.91 Å². The van der Waals surface area contributed by atoms with Crippen LogP contribution < -0.4 is 14.8 Å². The van der Waals surface area contributed by atoms with E-state index in [9.17, 15) is 4.79 Å². The minimum Gasteiger partial charge on any atom is -0.493 e. The van der Waals surface area contributed by atoms with Crippen LogP contribution in [-0.4, -0.2) is 26.7 Å². The normalized spacial score (nSPS) is 10.1. The highest BCUT2D eigenvalue weighted by atomic mass is 16.5. The highest BCUT2D eigenvalue weighted by Crippen LogP contribution is 2.27. The maximum absolute atomic E-state index is 11.9. The van der Waals surface area contributed by atoms with Gasteiger partial charge in [-0.25, -0.2) is 0 Å². The van der Waals surface area contributed by atoms with Gasteiger partial charge in [0.1, 0.15) is 0 Å². The summed E-state index contributed by atoms with van der Waals surface area (Å²) in [6.45, 7) is 2.88. The molecule has 4 nitrogen and oxygen atoms in total. The summed E-state index contributed by atoms with van der Waals surface area (Å²) in [6.07, 6.45) is 4.59. The topological polar surface area (TPSA) is 47.6 Å². The second-order valence-electron chi connectivity index (χ2n) is 4.39. The standard InChI is InChI=1S/C15H23NO3/c1-4-5-6-7-10-16-15(17)12-8-9-13(18-2)14(11-12)19-3/h8-9,11H,4-7,10H2,1-3H3,(H,16,17). The Hall–Kier alpha value is -1.71. The summed E-state index contributed by atoms with van der Waals surface area (Å²) in [5.41, 5.74) is 0.591. The Bertz CT molecular complexity index is 404. The first-order valence-electron chi connectivity index (χ1n) is 6.73. The predicted octanol–water partition coefficient (Wildman–Crippen LogP) is 3.01. The van der Waals surface area contributed by atoms with Gasteiger partial charge in [0.15, 0.2) is 11.5 Å². The highest BCUT2D eigenvalue weighted by molar-refractivity contribution is 5.94. The summed E-state index contributed by atoms with van der Waals surface area (Å²) in [7, 11) is 3.13. The van der Waals surface area contributed by atoms with Crippen LogP contribution in [0.1, 0.15) is 43.0 Å². The Morgan fingerprint density at radius 2 is 1.84 bits per heavy atom. The number of carbonyl (C=O) groups is 1. The highest BCUT2D eigenvalue weighted by Gasteiger charge is 2.09. The number of benzene rings is 1. The van der Waals surface area contributed by atoms with Crippen LogP contribution >= 0.6 is 0 Å². The molecule has 0 saturated carbocycles. The van der Waals surface area contributed by atoms with Gasteiger partial charge in [-0.05, 0) is 24.6 Å². The van der Waals surface area contributed by atoms with E-state index in [0.29, 0.717) is 23.6 Å². The maximum atomic E-state index is 11.9. The first-order valence-corrected chi connectivity index (χ1v) is 6.73. The number of hydrogen-bond acceptors (Lipinski definition) is 3. The fraction of sp³-hybridized carbons (Fsp3) is 0.533. The van der Waals surface area contributed by atoms with E-state index in [2.05, 4.69) is 12.2 Å². The quantitative estimate of drug-likeness (QED) is 0.735. The Morgan fingerprint density at radius 1 is 1.11 bits per heavy atom. The van der Waals surface area contributed by atoms with Gasteiger partial charge in [0.25, 0.3) is 5.91 Å². The molecule has 0 aliphatic heterocycles. The molecule has 0 aliphatic rings. The summed E-state index contributed by atoms with van der Waals surface area (Å²) < 4.78 is 10.3. The number of amides is 1. The Balaban J connectivity index is 2.52. The van der Waals surface area contributed by atoms with E-state index >= 15 is 0 Å². The van der Waals surface area contributed by atoms with E-state index in [0.717, 1.165) is 12.8 Å². The zero-order valence-corrected chi connectivity index (χ0v) is 12.0. The zero-order chi connectivity index (χ0) is 14.1. The van der Waals surface area contributed by atoms with Crippen LogP contribution in [0.4, 0.5) is 0 Å². The number of rotatable bonds is 8. The summed E-state index contributed by atoms with van der Waals surface area (Å²) >= 11 is 0. The molecule has 0 spiro atoms. The van der Waals surface area contributed by atoms with Crippen LogP contribution in [0.25, 0.3) is 0 Å². The van der Waals surface area contributed by atoms with E-state index in [1.165, 1.54) is 12.8 Å². The molecule has 1 aromatic rings. The Morgan fingerprint density at radius 3 is 2.47 bits per heavy atom. The molecule has 0 aromatic heterocycles. The largest absolute Gasteiger partial charge is 0.493 e. The zero-order valence-electron chi connectivity index (χ0n) is 12.0. The third kappa shape index (κ3) is 4.81. The third-order valence-electron chi connectivity index (χ3n) is 2.96. The van der Waals surface area contributed by atoms with Crippen molar-refractivity contribution in [3.8, 4) is 11.5 Å². The van der Waals surface area contributed by atoms with Gasteiger partial charge in [0.2, 0.25) is 0 Å². The molecule has 0 saturated heterocycles. The molecule has 0 aliphatic carbocycles. The van der Waals surface area contributed by atoms with Crippen molar-refractivity contribution in [2.45, 2.75) is 32.6 Å². The molecule has 0 unspecified atom stereocenters. The minimum atomic E-state index is -0.0718. The van der Waals surface area contributed by atoms with Crippen LogP contribution in [0.3, 0.4) is 0 Å². The van der Waals surface area contributed by atoms with Gasteiger partial charge in [0.05, 0.1) is 14.2 Å². The van der Waals surface area contributed by atoms with Crippen molar-refractivity contribution in [2.24, 2.45) is 0 Å². The maximum Gasteiger partial charge on any atom is 0.251 e. The summed E-state index contributed by atoms with van der Waals surface area (Å²) in [6, 6.07) is 5.17. The molecule has 0 heterocycles. The molecule has 4 heteroatoms. The van der Waals surface area contributed by atoms with Gasteiger partial charge in [-0.2, -0.15) is 0 Å². The van der Waals surface area contributed by atoms with Crippen LogP contribution in [-0.2, 0) is 0 Å². The van der Waals surface area contributed by atoms with Gasteiger partial charge in [-0.1, -0.05) is 26.2 Å². The first kappa shape index (κ1) is 15.3. The fourth-order valence-corrected chi connectivity index (χ4v) is 1.83. The molecule has 0 atom stereocenters. The van der Waals surface area contributed by atoms with Gasteiger partial charge in [-0.3, -0.25) is 4.79 Å². The monoisotopic (exact) mass is 265 g/mol. The smallest absolute Gasteiger partial charge is 0.251 e. The molecular weight excluding hydrogens is 242 g/mol. The summed E-state index contributed by atoms with van der Waals surface area (Å²) in [5.74, 6) is 1.13. The summed E-state index contributed by atoms with van der Waals surface area (Å²) in [4.78, 5) is 11.9. The van der Waals surface area contributed by atoms with Crippen LogP contribution in [0.2, 0.25) is 0 Å². The average molecular weight is 265 g/mol. The molecule has 0 fully saturated rings. The Labute approximate surface area is 115 Å². The van der Waals surface area contributed by atoms with Crippen LogP contribution in [0.15, 0.2) is 18.2 Å². The van der Waals surface area contributed by atoms with Crippen molar-refractivity contribution in [1.29, 1.82) is 0 Å². The second-order valence-corrected chi connectivity index (χ2v) is 4.39. The molecule has 19 heavy (non-hydrogen) atoms. The lowest BCUT2D eigenvalue weighted by Gasteiger charge is -2.10. The van der Waals surface area contributed by atoms with Crippen molar-refractivity contribution < 1.29 is 14.3 Å². The minimum absolute atomic E-state index is 0.0718. The van der Waals surface area contributed by atoms with Crippen molar-refractivity contribution in [3.05, 3.63) is 23.8 Å². The molecule has 106 valence electrons. The van der Waals surface area contributed by atoms with Gasteiger partial charge in [-0.15, -0.1) is 0 Å². The lowest BCUT2D eigenvalue weighted by molar-refractivity contribution is 0.0952. The van der Waals surface area contributed by atoms with Crippen LogP contribution in [0.5, 0.6) is 11.5 Å². The average Bonchev–Trinajstić information content (AvgIpc) is 2.46. The molecule has 1 amide bonds. The van der Waals surface area contributed by atoms with Gasteiger partial charge < -0.3 is 14.8 Å². The van der Waals surface area contributed by atoms with E-state index in [1.54, 1.807) is 32.4 Å². The van der Waals surface area contributed by atoms with Crippen molar-refractivity contribution in [3.63, 3.8) is 0 Å². The molecule has 1 rings (SSSR count). The van der Waals surface area contributed by atoms with Gasteiger partial charge >= 0.3 is 0 Å². The van der Waals surface area contributed by atoms with E-state index in [1.807, 2.05) is 0 Å². The number of carbonyl (C=O) groups excluding carboxylic acids is 1. The summed E-state index contributed by atoms with van der Waals surface area (Å²) in [5, 5.41) is 2.91. The Kier molecular flexibility index (Phi) is 6.79. The molecule has 1 N–H and O–H groups in total. The van der Waals surface area contributed by atoms with E-state index in [4.69, 9.17) is 9.47 Å². The second kappa shape index (κ2) is 8.40.